The van der Waals surface area contributed by atoms with Gasteiger partial charge >= 0.3 is 6.18 Å². The van der Waals surface area contributed by atoms with Crippen LogP contribution in [0.15, 0.2) is 35.2 Å². The smallest absolute Gasteiger partial charge is 0.322 e. The van der Waals surface area contributed by atoms with Crippen molar-refractivity contribution in [2.24, 2.45) is 0 Å². The van der Waals surface area contributed by atoms with Gasteiger partial charge in [-0.2, -0.15) is 13.2 Å². The zero-order valence-corrected chi connectivity index (χ0v) is 12.6. The molecule has 134 valence electrons. The number of alkyl halides is 3. The fraction of sp³-hybridized carbons (Fsp3) is 0.0714. The van der Waals surface area contributed by atoms with E-state index in [4.69, 9.17) is 4.55 Å². The van der Waals surface area contributed by atoms with Crippen molar-refractivity contribution in [2.45, 2.75) is 11.1 Å². The largest absolute Gasteiger partial charge is 0.419 e. The number of hydrogen-bond acceptors (Lipinski definition) is 2. The molecule has 0 fully saturated rings. The van der Waals surface area contributed by atoms with Gasteiger partial charge in [-0.05, 0) is 30.3 Å². The normalized spacial score (nSPS) is 12.8. The van der Waals surface area contributed by atoms with E-state index in [2.05, 4.69) is 0 Å². The highest BCUT2D eigenvalue weighted by atomic mass is 32.2. The summed E-state index contributed by atoms with van der Waals surface area (Å²) < 4.78 is 98.5. The summed E-state index contributed by atoms with van der Waals surface area (Å²) in [6.07, 6.45) is -5.05. The molecule has 0 heterocycles. The molecular weight excluding hydrogens is 376 g/mol. The molecule has 25 heavy (non-hydrogen) atoms. The summed E-state index contributed by atoms with van der Waals surface area (Å²) in [5.41, 5.74) is -3.53. The third-order valence-corrected chi connectivity index (χ3v) is 3.69. The molecule has 0 aromatic heterocycles. The first-order chi connectivity index (χ1) is 11.5. The first-order valence-electron chi connectivity index (χ1n) is 6.29. The van der Waals surface area contributed by atoms with Crippen LogP contribution in [0.1, 0.15) is 15.9 Å². The second-order valence-corrected chi connectivity index (χ2v) is 5.57. The van der Waals surface area contributed by atoms with Crippen LogP contribution in [0.5, 0.6) is 0 Å². The van der Waals surface area contributed by atoms with Crippen LogP contribution < -0.4 is 5.32 Å². The van der Waals surface area contributed by atoms with Gasteiger partial charge in [0, 0.05) is 5.69 Å². The fourth-order valence-electron chi connectivity index (χ4n) is 1.89. The predicted octanol–water partition coefficient (Wildman–Crippen LogP) is 3.96. The standard InChI is InChI=1S/C14H7F6NO3S/c15-8-2-1-6(5-7(8)14(18,19)20)21-13(22)11-9(16)3-4-10(12(11)17)25(23)24/h1-5H,(H,21,22)(H,23,24). The molecule has 1 atom stereocenters. The van der Waals surface area contributed by atoms with E-state index in [0.717, 1.165) is 6.07 Å². The summed E-state index contributed by atoms with van der Waals surface area (Å²) in [6, 6.07) is 2.61. The molecule has 2 aromatic rings. The molecule has 0 saturated carbocycles. The summed E-state index contributed by atoms with van der Waals surface area (Å²) in [5, 5.41) is 1.78. The Hall–Kier alpha value is -2.40. The monoisotopic (exact) mass is 383 g/mol. The molecule has 11 heteroatoms. The van der Waals surface area contributed by atoms with Crippen molar-refractivity contribution in [3.05, 3.63) is 58.9 Å². The number of halogens is 6. The Bertz CT molecular complexity index is 868. The maximum atomic E-state index is 14.0. The molecule has 1 amide bonds. The zero-order valence-electron chi connectivity index (χ0n) is 11.8. The topological polar surface area (TPSA) is 66.4 Å². The number of anilines is 1. The quantitative estimate of drug-likeness (QED) is 0.623. The lowest BCUT2D eigenvalue weighted by atomic mass is 10.1. The third kappa shape index (κ3) is 3.99. The summed E-state index contributed by atoms with van der Waals surface area (Å²) in [4.78, 5) is 11.0. The number of nitrogens with one attached hydrogen (secondary N) is 1. The Labute approximate surface area is 138 Å². The Balaban J connectivity index is 2.42. The van der Waals surface area contributed by atoms with E-state index in [9.17, 15) is 35.3 Å². The fourth-order valence-corrected chi connectivity index (χ4v) is 2.33. The minimum Gasteiger partial charge on any atom is -0.322 e. The molecule has 2 rings (SSSR count). The molecule has 0 spiro atoms. The molecule has 0 radical (unpaired) electrons. The van der Waals surface area contributed by atoms with Crippen LogP contribution in [-0.4, -0.2) is 14.7 Å². The summed E-state index contributed by atoms with van der Waals surface area (Å²) in [5.74, 6) is -6.15. The highest BCUT2D eigenvalue weighted by Crippen LogP contribution is 2.33. The molecule has 0 aliphatic carbocycles. The Morgan fingerprint density at radius 3 is 2.20 bits per heavy atom. The Kier molecular flexibility index (Phi) is 5.18. The van der Waals surface area contributed by atoms with Crippen molar-refractivity contribution < 1.29 is 39.9 Å². The second-order valence-electron chi connectivity index (χ2n) is 4.63. The average Bonchev–Trinajstić information content (AvgIpc) is 2.47. The van der Waals surface area contributed by atoms with Crippen LogP contribution in [0.3, 0.4) is 0 Å². The molecule has 1 unspecified atom stereocenters. The Morgan fingerprint density at radius 2 is 1.64 bits per heavy atom. The van der Waals surface area contributed by atoms with Crippen LogP contribution in [0.4, 0.5) is 32.0 Å². The highest BCUT2D eigenvalue weighted by Gasteiger charge is 2.34. The number of carbonyl (C=O) groups is 1. The van der Waals surface area contributed by atoms with E-state index >= 15 is 0 Å². The zero-order chi connectivity index (χ0) is 18.9. The van der Waals surface area contributed by atoms with Crippen LogP contribution in [-0.2, 0) is 17.3 Å². The van der Waals surface area contributed by atoms with Gasteiger partial charge in [0.2, 0.25) is 0 Å². The van der Waals surface area contributed by atoms with Crippen LogP contribution in [0, 0.1) is 17.5 Å². The number of amides is 1. The Morgan fingerprint density at radius 1 is 1.04 bits per heavy atom. The van der Waals surface area contributed by atoms with Gasteiger partial charge in [0.15, 0.2) is 16.9 Å². The molecular formula is C14H7F6NO3S. The molecule has 0 aliphatic rings. The lowest BCUT2D eigenvalue weighted by Crippen LogP contribution is -2.18. The van der Waals surface area contributed by atoms with Crippen molar-refractivity contribution in [1.29, 1.82) is 0 Å². The number of rotatable bonds is 3. The van der Waals surface area contributed by atoms with Gasteiger partial charge in [-0.25, -0.2) is 17.4 Å². The summed E-state index contributed by atoms with van der Waals surface area (Å²) in [6.45, 7) is 0. The molecule has 2 aromatic carbocycles. The second kappa shape index (κ2) is 6.84. The van der Waals surface area contributed by atoms with E-state index in [-0.39, 0.29) is 6.07 Å². The van der Waals surface area contributed by atoms with E-state index in [1.54, 1.807) is 5.32 Å². The van der Waals surface area contributed by atoms with Gasteiger partial charge < -0.3 is 9.87 Å². The van der Waals surface area contributed by atoms with Gasteiger partial charge in [0.1, 0.15) is 22.1 Å². The lowest BCUT2D eigenvalue weighted by molar-refractivity contribution is -0.139. The number of carbonyl (C=O) groups excluding carboxylic acids is 1. The van der Waals surface area contributed by atoms with E-state index in [0.29, 0.717) is 18.2 Å². The van der Waals surface area contributed by atoms with Crippen LogP contribution in [0.25, 0.3) is 0 Å². The highest BCUT2D eigenvalue weighted by molar-refractivity contribution is 7.79. The molecule has 4 nitrogen and oxygen atoms in total. The van der Waals surface area contributed by atoms with Crippen LogP contribution in [0.2, 0.25) is 0 Å². The molecule has 2 N–H and O–H groups in total. The van der Waals surface area contributed by atoms with E-state index in [1.807, 2.05) is 0 Å². The first kappa shape index (κ1) is 18.9. The van der Waals surface area contributed by atoms with Crippen molar-refractivity contribution in [3.63, 3.8) is 0 Å². The maximum absolute atomic E-state index is 14.0. The number of hydrogen-bond donors (Lipinski definition) is 2. The number of benzene rings is 2. The van der Waals surface area contributed by atoms with E-state index < -0.39 is 62.3 Å². The van der Waals surface area contributed by atoms with Crippen molar-refractivity contribution >= 4 is 22.7 Å². The van der Waals surface area contributed by atoms with Gasteiger partial charge in [-0.3, -0.25) is 4.79 Å². The maximum Gasteiger partial charge on any atom is 0.419 e. The minimum absolute atomic E-state index is 0.247. The van der Waals surface area contributed by atoms with Gasteiger partial charge in [0.05, 0.1) is 5.56 Å². The van der Waals surface area contributed by atoms with Gasteiger partial charge in [0.25, 0.3) is 5.91 Å². The third-order valence-electron chi connectivity index (χ3n) is 3.00. The summed E-state index contributed by atoms with van der Waals surface area (Å²) in [7, 11) is 0. The van der Waals surface area contributed by atoms with Gasteiger partial charge in [-0.1, -0.05) is 0 Å². The lowest BCUT2D eigenvalue weighted by Gasteiger charge is -2.12. The van der Waals surface area contributed by atoms with Crippen molar-refractivity contribution in [1.82, 2.24) is 0 Å². The summed E-state index contributed by atoms with van der Waals surface area (Å²) >= 11 is -2.86. The van der Waals surface area contributed by atoms with Crippen LogP contribution >= 0.6 is 0 Å². The molecule has 0 saturated heterocycles. The minimum atomic E-state index is -5.05. The van der Waals surface area contributed by atoms with Gasteiger partial charge in [-0.15, -0.1) is 0 Å². The van der Waals surface area contributed by atoms with Crippen molar-refractivity contribution in [2.75, 3.05) is 5.32 Å². The molecule has 0 bridgehead atoms. The molecule has 0 aliphatic heterocycles. The average molecular weight is 383 g/mol. The SMILES string of the molecule is O=C(Nc1ccc(F)c(C(F)(F)F)c1)c1c(F)ccc(S(=O)O)c1F. The first-order valence-corrected chi connectivity index (χ1v) is 7.40. The van der Waals surface area contributed by atoms with E-state index in [1.165, 1.54) is 0 Å². The van der Waals surface area contributed by atoms with Crippen molar-refractivity contribution in [3.8, 4) is 0 Å². The predicted molar refractivity (Wildman–Crippen MR) is 74.8 cm³/mol.